The third kappa shape index (κ3) is 2.68. The first-order chi connectivity index (χ1) is 8.15. The van der Waals surface area contributed by atoms with Gasteiger partial charge in [-0.3, -0.25) is 4.79 Å². The second-order valence-corrected chi connectivity index (χ2v) is 3.95. The number of hydrogen-bond donors (Lipinski definition) is 2. The number of halogens is 1. The summed E-state index contributed by atoms with van der Waals surface area (Å²) in [5.41, 5.74) is 2.05. The average Bonchev–Trinajstić information content (AvgIpc) is 2.36. The first-order valence-corrected chi connectivity index (χ1v) is 5.35. The number of hydrogen-bond acceptors (Lipinski definition) is 4. The summed E-state index contributed by atoms with van der Waals surface area (Å²) in [6, 6.07) is 3.21. The summed E-state index contributed by atoms with van der Waals surface area (Å²) in [5.74, 6) is 0.476. The van der Waals surface area contributed by atoms with Crippen LogP contribution in [-0.4, -0.2) is 31.3 Å². The van der Waals surface area contributed by atoms with E-state index in [1.807, 2.05) is 12.1 Å². The van der Waals surface area contributed by atoms with Gasteiger partial charge in [0, 0.05) is 6.54 Å². The van der Waals surface area contributed by atoms with Crippen molar-refractivity contribution in [2.45, 2.75) is 19.0 Å². The van der Waals surface area contributed by atoms with Crippen LogP contribution in [0.4, 0.5) is 0 Å². The van der Waals surface area contributed by atoms with E-state index in [9.17, 15) is 4.79 Å². The molecule has 1 aromatic carbocycles. The van der Waals surface area contributed by atoms with Crippen LogP contribution in [0.25, 0.3) is 0 Å². The predicted molar refractivity (Wildman–Crippen MR) is 68.8 cm³/mol. The zero-order valence-electron chi connectivity index (χ0n) is 10.2. The lowest BCUT2D eigenvalue weighted by atomic mass is 9.95. The van der Waals surface area contributed by atoms with E-state index in [4.69, 9.17) is 14.6 Å². The van der Waals surface area contributed by atoms with Gasteiger partial charge in [0.2, 0.25) is 0 Å². The Kier molecular flexibility index (Phi) is 4.81. The van der Waals surface area contributed by atoms with Gasteiger partial charge in [-0.2, -0.15) is 0 Å². The summed E-state index contributed by atoms with van der Waals surface area (Å²) in [5, 5.41) is 11.9. The van der Waals surface area contributed by atoms with Gasteiger partial charge in [0.1, 0.15) is 6.04 Å². The van der Waals surface area contributed by atoms with Gasteiger partial charge in [0.25, 0.3) is 0 Å². The minimum atomic E-state index is -0.828. The third-order valence-corrected chi connectivity index (χ3v) is 2.97. The van der Waals surface area contributed by atoms with E-state index >= 15 is 0 Å². The van der Waals surface area contributed by atoms with Crippen LogP contribution in [0.2, 0.25) is 0 Å². The van der Waals surface area contributed by atoms with Crippen LogP contribution in [0.5, 0.6) is 11.5 Å². The molecule has 100 valence electrons. The number of methoxy groups -OCH3 is 2. The van der Waals surface area contributed by atoms with Crippen molar-refractivity contribution in [3.63, 3.8) is 0 Å². The highest BCUT2D eigenvalue weighted by Crippen LogP contribution is 2.32. The Hall–Kier alpha value is -1.46. The molecule has 1 aliphatic heterocycles. The molecule has 0 bridgehead atoms. The summed E-state index contributed by atoms with van der Waals surface area (Å²) >= 11 is 0. The van der Waals surface area contributed by atoms with Gasteiger partial charge >= 0.3 is 5.97 Å². The van der Waals surface area contributed by atoms with Crippen LogP contribution in [0, 0.1) is 0 Å². The van der Waals surface area contributed by atoms with E-state index in [0.29, 0.717) is 24.5 Å². The number of nitrogens with one attached hydrogen (secondary N) is 1. The smallest absolute Gasteiger partial charge is 0.321 e. The van der Waals surface area contributed by atoms with Crippen molar-refractivity contribution < 1.29 is 19.4 Å². The predicted octanol–water partition coefficient (Wildman–Crippen LogP) is 1.22. The molecule has 1 atom stereocenters. The standard InChI is InChI=1S/C12H15NO4.ClH/c1-16-10-4-7-3-9(12(14)15)13-6-8(7)5-11(10)17-2;/h4-5,9,13H,3,6H2,1-2H3,(H,14,15);1H/t9-;/m0./s1. The van der Waals surface area contributed by atoms with E-state index in [1.54, 1.807) is 14.2 Å². The van der Waals surface area contributed by atoms with Crippen molar-refractivity contribution in [3.8, 4) is 11.5 Å². The SMILES string of the molecule is COc1cc2c(cc1OC)C[C@@H](C(=O)O)NC2.Cl. The maximum atomic E-state index is 10.9. The molecule has 1 aliphatic rings. The molecule has 6 heteroatoms. The molecular formula is C12H16ClNO4. The summed E-state index contributed by atoms with van der Waals surface area (Å²) in [6.45, 7) is 0.534. The van der Waals surface area contributed by atoms with Crippen molar-refractivity contribution in [3.05, 3.63) is 23.3 Å². The number of rotatable bonds is 3. The molecule has 5 nitrogen and oxygen atoms in total. The van der Waals surface area contributed by atoms with Gasteiger partial charge in [0.15, 0.2) is 11.5 Å². The minimum absolute atomic E-state index is 0. The zero-order valence-corrected chi connectivity index (χ0v) is 11.0. The highest BCUT2D eigenvalue weighted by molar-refractivity contribution is 5.85. The van der Waals surface area contributed by atoms with Crippen molar-refractivity contribution in [1.29, 1.82) is 0 Å². The molecule has 0 saturated heterocycles. The van der Waals surface area contributed by atoms with E-state index < -0.39 is 12.0 Å². The van der Waals surface area contributed by atoms with Gasteiger partial charge < -0.3 is 19.9 Å². The molecule has 0 saturated carbocycles. The Labute approximate surface area is 112 Å². The van der Waals surface area contributed by atoms with E-state index in [1.165, 1.54) is 0 Å². The van der Waals surface area contributed by atoms with Crippen molar-refractivity contribution in [2.75, 3.05) is 14.2 Å². The molecule has 18 heavy (non-hydrogen) atoms. The fourth-order valence-electron chi connectivity index (χ4n) is 2.02. The highest BCUT2D eigenvalue weighted by Gasteiger charge is 2.25. The van der Waals surface area contributed by atoms with Crippen LogP contribution in [0.15, 0.2) is 12.1 Å². The van der Waals surface area contributed by atoms with Crippen molar-refractivity contribution in [2.24, 2.45) is 0 Å². The molecule has 0 aromatic heterocycles. The minimum Gasteiger partial charge on any atom is -0.493 e. The number of ether oxygens (including phenoxy) is 2. The second-order valence-electron chi connectivity index (χ2n) is 3.95. The molecule has 0 spiro atoms. The molecule has 0 amide bonds. The van der Waals surface area contributed by atoms with Crippen LogP contribution >= 0.6 is 12.4 Å². The molecule has 0 radical (unpaired) electrons. The van der Waals surface area contributed by atoms with E-state index in [2.05, 4.69) is 5.32 Å². The van der Waals surface area contributed by atoms with Crippen LogP contribution < -0.4 is 14.8 Å². The molecule has 1 heterocycles. The molecule has 0 aliphatic carbocycles. The lowest BCUT2D eigenvalue weighted by Crippen LogP contribution is -2.41. The maximum Gasteiger partial charge on any atom is 0.321 e. The number of fused-ring (bicyclic) bond motifs is 1. The Bertz CT molecular complexity index is 450. The van der Waals surface area contributed by atoms with Crippen molar-refractivity contribution >= 4 is 18.4 Å². The van der Waals surface area contributed by atoms with Gasteiger partial charge in [-0.25, -0.2) is 0 Å². The molecule has 1 aromatic rings. The maximum absolute atomic E-state index is 10.9. The molecule has 2 rings (SSSR count). The fourth-order valence-corrected chi connectivity index (χ4v) is 2.02. The summed E-state index contributed by atoms with van der Waals surface area (Å²) in [4.78, 5) is 10.9. The second kappa shape index (κ2) is 5.93. The number of aliphatic carboxylic acids is 1. The topological polar surface area (TPSA) is 67.8 Å². The van der Waals surface area contributed by atoms with E-state index in [-0.39, 0.29) is 12.4 Å². The van der Waals surface area contributed by atoms with Gasteiger partial charge in [-0.05, 0) is 29.7 Å². The summed E-state index contributed by atoms with van der Waals surface area (Å²) < 4.78 is 10.4. The number of benzene rings is 1. The Balaban J connectivity index is 0.00000162. The monoisotopic (exact) mass is 273 g/mol. The molecule has 0 fully saturated rings. The Morgan fingerprint density at radius 1 is 1.28 bits per heavy atom. The lowest BCUT2D eigenvalue weighted by Gasteiger charge is -2.24. The highest BCUT2D eigenvalue weighted by atomic mass is 35.5. The quantitative estimate of drug-likeness (QED) is 0.867. The molecular weight excluding hydrogens is 258 g/mol. The average molecular weight is 274 g/mol. The largest absolute Gasteiger partial charge is 0.493 e. The molecule has 0 unspecified atom stereocenters. The first-order valence-electron chi connectivity index (χ1n) is 5.35. The fraction of sp³-hybridized carbons (Fsp3) is 0.417. The van der Waals surface area contributed by atoms with Crippen LogP contribution in [0.1, 0.15) is 11.1 Å². The van der Waals surface area contributed by atoms with Crippen LogP contribution in [-0.2, 0) is 17.8 Å². The first kappa shape index (κ1) is 14.6. The summed E-state index contributed by atoms with van der Waals surface area (Å²) in [7, 11) is 3.15. The van der Waals surface area contributed by atoms with Gasteiger partial charge in [-0.1, -0.05) is 0 Å². The summed E-state index contributed by atoms with van der Waals surface area (Å²) in [6.07, 6.45) is 0.463. The third-order valence-electron chi connectivity index (χ3n) is 2.97. The van der Waals surface area contributed by atoms with E-state index in [0.717, 1.165) is 11.1 Å². The van der Waals surface area contributed by atoms with Gasteiger partial charge in [-0.15, -0.1) is 12.4 Å². The van der Waals surface area contributed by atoms with Gasteiger partial charge in [0.05, 0.1) is 14.2 Å². The van der Waals surface area contributed by atoms with Crippen LogP contribution in [0.3, 0.4) is 0 Å². The zero-order chi connectivity index (χ0) is 12.4. The number of carboxylic acid groups (broad SMARTS) is 1. The number of carbonyl (C=O) groups is 1. The normalized spacial score (nSPS) is 17.3. The Morgan fingerprint density at radius 2 is 1.83 bits per heavy atom. The Morgan fingerprint density at radius 3 is 2.33 bits per heavy atom. The molecule has 2 N–H and O–H groups in total. The van der Waals surface area contributed by atoms with Crippen molar-refractivity contribution in [1.82, 2.24) is 5.32 Å². The number of carboxylic acids is 1. The lowest BCUT2D eigenvalue weighted by molar-refractivity contribution is -0.139.